The molecule has 0 amide bonds. The third-order valence-corrected chi connectivity index (χ3v) is 3.37. The molecule has 0 radical (unpaired) electrons. The van der Waals surface area contributed by atoms with Gasteiger partial charge in [-0.1, -0.05) is 23.2 Å². The Morgan fingerprint density at radius 3 is 2.42 bits per heavy atom. The average Bonchev–Trinajstić information content (AvgIpc) is 2.43. The summed E-state index contributed by atoms with van der Waals surface area (Å²) >= 11 is 11.9. The molecule has 0 aliphatic carbocycles. The number of Topliss-reactive ketones (excluding diaryl/α,β-unsaturated/α-hetero) is 1. The number of hydrogen-bond acceptors (Lipinski definition) is 2. The molecule has 0 aliphatic rings. The van der Waals surface area contributed by atoms with E-state index in [-0.39, 0.29) is 12.2 Å². The number of hydrogen-bond donors (Lipinski definition) is 0. The van der Waals surface area contributed by atoms with Crippen LogP contribution in [-0.2, 0) is 6.42 Å². The largest absolute Gasteiger partial charge is 0.497 e. The van der Waals surface area contributed by atoms with Crippen molar-refractivity contribution in [3.8, 4) is 5.75 Å². The molecule has 0 saturated carbocycles. The predicted molar refractivity (Wildman–Crippen MR) is 77.5 cm³/mol. The lowest BCUT2D eigenvalue weighted by atomic mass is 10.0. The fourth-order valence-corrected chi connectivity index (χ4v) is 2.11. The van der Waals surface area contributed by atoms with Crippen molar-refractivity contribution in [3.05, 3.63) is 63.6 Å². The molecule has 0 atom stereocenters. The van der Waals surface area contributed by atoms with Gasteiger partial charge in [-0.15, -0.1) is 0 Å². The molecule has 2 nitrogen and oxygen atoms in total. The second kappa shape index (κ2) is 6.09. The molecule has 19 heavy (non-hydrogen) atoms. The molecule has 0 fully saturated rings. The molecule has 0 aliphatic heterocycles. The quantitative estimate of drug-likeness (QED) is 0.780. The minimum Gasteiger partial charge on any atom is -0.497 e. The van der Waals surface area contributed by atoms with E-state index in [2.05, 4.69) is 0 Å². The zero-order chi connectivity index (χ0) is 13.8. The number of carbonyl (C=O) groups is 1. The van der Waals surface area contributed by atoms with E-state index in [0.717, 1.165) is 11.3 Å². The van der Waals surface area contributed by atoms with Crippen LogP contribution in [0.3, 0.4) is 0 Å². The SMILES string of the molecule is COc1ccc(C(=O)Cc2cc(Cl)ccc2Cl)cc1. The highest BCUT2D eigenvalue weighted by Gasteiger charge is 2.10. The Labute approximate surface area is 121 Å². The Morgan fingerprint density at radius 2 is 1.79 bits per heavy atom. The first-order chi connectivity index (χ1) is 9.10. The van der Waals surface area contributed by atoms with Crippen LogP contribution in [0, 0.1) is 0 Å². The minimum atomic E-state index is -0.00757. The lowest BCUT2D eigenvalue weighted by Gasteiger charge is -2.05. The monoisotopic (exact) mass is 294 g/mol. The van der Waals surface area contributed by atoms with Crippen LogP contribution in [0.1, 0.15) is 15.9 Å². The normalized spacial score (nSPS) is 10.3. The topological polar surface area (TPSA) is 26.3 Å². The molecule has 4 heteroatoms. The van der Waals surface area contributed by atoms with Gasteiger partial charge in [0.2, 0.25) is 0 Å². The van der Waals surface area contributed by atoms with E-state index >= 15 is 0 Å². The van der Waals surface area contributed by atoms with Crippen molar-refractivity contribution in [1.82, 2.24) is 0 Å². The van der Waals surface area contributed by atoms with Gasteiger partial charge in [0.1, 0.15) is 5.75 Å². The Bertz CT molecular complexity index is 592. The van der Waals surface area contributed by atoms with Crippen molar-refractivity contribution >= 4 is 29.0 Å². The summed E-state index contributed by atoms with van der Waals surface area (Å²) in [5.74, 6) is 0.712. The summed E-state index contributed by atoms with van der Waals surface area (Å²) in [5, 5.41) is 1.12. The van der Waals surface area contributed by atoms with Crippen molar-refractivity contribution in [2.75, 3.05) is 7.11 Å². The van der Waals surface area contributed by atoms with Gasteiger partial charge >= 0.3 is 0 Å². The summed E-state index contributed by atoms with van der Waals surface area (Å²) in [6.07, 6.45) is 0.228. The van der Waals surface area contributed by atoms with Crippen molar-refractivity contribution < 1.29 is 9.53 Å². The van der Waals surface area contributed by atoms with E-state index in [1.165, 1.54) is 0 Å². The van der Waals surface area contributed by atoms with E-state index < -0.39 is 0 Å². The lowest BCUT2D eigenvalue weighted by molar-refractivity contribution is 0.0993. The van der Waals surface area contributed by atoms with Gasteiger partial charge in [0.05, 0.1) is 7.11 Å². The summed E-state index contributed by atoms with van der Waals surface area (Å²) < 4.78 is 5.05. The summed E-state index contributed by atoms with van der Waals surface area (Å²) in [4.78, 5) is 12.1. The fraction of sp³-hybridized carbons (Fsp3) is 0.133. The van der Waals surface area contributed by atoms with E-state index in [9.17, 15) is 4.79 Å². The number of ketones is 1. The van der Waals surface area contributed by atoms with Gasteiger partial charge in [0, 0.05) is 22.0 Å². The lowest BCUT2D eigenvalue weighted by Crippen LogP contribution is -2.04. The van der Waals surface area contributed by atoms with Crippen LogP contribution in [-0.4, -0.2) is 12.9 Å². The molecule has 0 bridgehead atoms. The van der Waals surface area contributed by atoms with Crippen LogP contribution < -0.4 is 4.74 Å². The Hall–Kier alpha value is -1.51. The van der Waals surface area contributed by atoms with E-state index in [4.69, 9.17) is 27.9 Å². The summed E-state index contributed by atoms with van der Waals surface area (Å²) in [6.45, 7) is 0. The summed E-state index contributed by atoms with van der Waals surface area (Å²) in [5.41, 5.74) is 1.35. The van der Waals surface area contributed by atoms with Gasteiger partial charge in [0.15, 0.2) is 5.78 Å². The van der Waals surface area contributed by atoms with E-state index in [1.54, 1.807) is 49.6 Å². The zero-order valence-corrected chi connectivity index (χ0v) is 11.8. The Balaban J connectivity index is 2.18. The van der Waals surface area contributed by atoms with Gasteiger partial charge < -0.3 is 4.74 Å². The smallest absolute Gasteiger partial charge is 0.167 e. The van der Waals surface area contributed by atoms with Gasteiger partial charge in [-0.2, -0.15) is 0 Å². The van der Waals surface area contributed by atoms with Crippen molar-refractivity contribution in [2.45, 2.75) is 6.42 Å². The zero-order valence-electron chi connectivity index (χ0n) is 10.3. The van der Waals surface area contributed by atoms with Crippen LogP contribution in [0.5, 0.6) is 5.75 Å². The first-order valence-electron chi connectivity index (χ1n) is 5.71. The fourth-order valence-electron chi connectivity index (χ4n) is 1.73. The van der Waals surface area contributed by atoms with E-state index in [1.807, 2.05) is 0 Å². The number of carbonyl (C=O) groups excluding carboxylic acids is 1. The maximum Gasteiger partial charge on any atom is 0.167 e. The second-order valence-electron chi connectivity index (χ2n) is 4.06. The molecular weight excluding hydrogens is 283 g/mol. The van der Waals surface area contributed by atoms with Gasteiger partial charge in [-0.3, -0.25) is 4.79 Å². The first kappa shape index (κ1) is 13.9. The van der Waals surface area contributed by atoms with Crippen LogP contribution in [0.4, 0.5) is 0 Å². The highest BCUT2D eigenvalue weighted by atomic mass is 35.5. The standard InChI is InChI=1S/C15H12Cl2O2/c1-19-13-5-2-10(3-6-13)15(18)9-11-8-12(16)4-7-14(11)17/h2-8H,9H2,1H3. The third kappa shape index (κ3) is 3.49. The number of benzene rings is 2. The number of ether oxygens (including phenoxy) is 1. The van der Waals surface area contributed by atoms with Crippen LogP contribution in [0.25, 0.3) is 0 Å². The van der Waals surface area contributed by atoms with Gasteiger partial charge in [-0.05, 0) is 48.0 Å². The first-order valence-corrected chi connectivity index (χ1v) is 6.47. The summed E-state index contributed by atoms with van der Waals surface area (Å²) in [6, 6.07) is 12.1. The molecule has 0 spiro atoms. The molecule has 0 saturated heterocycles. The molecule has 98 valence electrons. The molecular formula is C15H12Cl2O2. The molecule has 2 aromatic rings. The molecule has 0 heterocycles. The van der Waals surface area contributed by atoms with Crippen LogP contribution in [0.2, 0.25) is 10.0 Å². The van der Waals surface area contributed by atoms with Crippen molar-refractivity contribution in [3.63, 3.8) is 0 Å². The minimum absolute atomic E-state index is 0.00757. The molecule has 2 rings (SSSR count). The molecule has 2 aromatic carbocycles. The predicted octanol–water partition coefficient (Wildman–Crippen LogP) is 4.43. The van der Waals surface area contributed by atoms with Gasteiger partial charge in [0.25, 0.3) is 0 Å². The van der Waals surface area contributed by atoms with Crippen molar-refractivity contribution in [2.24, 2.45) is 0 Å². The van der Waals surface area contributed by atoms with Crippen molar-refractivity contribution in [1.29, 1.82) is 0 Å². The van der Waals surface area contributed by atoms with E-state index in [0.29, 0.717) is 15.6 Å². The highest BCUT2D eigenvalue weighted by molar-refractivity contribution is 6.33. The average molecular weight is 295 g/mol. The second-order valence-corrected chi connectivity index (χ2v) is 4.91. The maximum atomic E-state index is 12.1. The number of methoxy groups -OCH3 is 1. The molecule has 0 unspecified atom stereocenters. The highest BCUT2D eigenvalue weighted by Crippen LogP contribution is 2.22. The summed E-state index contributed by atoms with van der Waals surface area (Å²) in [7, 11) is 1.59. The molecule has 0 aromatic heterocycles. The van der Waals surface area contributed by atoms with Crippen LogP contribution >= 0.6 is 23.2 Å². The Morgan fingerprint density at radius 1 is 1.11 bits per heavy atom. The maximum absolute atomic E-state index is 12.1. The van der Waals surface area contributed by atoms with Crippen LogP contribution in [0.15, 0.2) is 42.5 Å². The van der Waals surface area contributed by atoms with Gasteiger partial charge in [-0.25, -0.2) is 0 Å². The number of rotatable bonds is 4. The Kier molecular flexibility index (Phi) is 4.46. The molecule has 0 N–H and O–H groups in total. The third-order valence-electron chi connectivity index (χ3n) is 2.77. The number of halogens is 2.